The molecule has 0 aromatic heterocycles. The van der Waals surface area contributed by atoms with Gasteiger partial charge in [-0.15, -0.1) is 0 Å². The molecule has 1 fully saturated rings. The van der Waals surface area contributed by atoms with Gasteiger partial charge in [0.25, 0.3) is 0 Å². The fraction of sp³-hybridized carbons (Fsp3) is 0.462. The Morgan fingerprint density at radius 2 is 2.20 bits per heavy atom. The standard InChI is InChI=1S/C13H16FN3O2S/c1-9-7-10(16)5-6-17(9)20(18,19)13-4-2-3-12(14)11(13)8-15/h2-4,9-10H,5-7,16H2,1H3. The van der Waals surface area contributed by atoms with Crippen molar-refractivity contribution in [2.75, 3.05) is 6.54 Å². The van der Waals surface area contributed by atoms with Gasteiger partial charge in [-0.2, -0.15) is 9.57 Å². The van der Waals surface area contributed by atoms with Crippen molar-refractivity contribution in [3.05, 3.63) is 29.6 Å². The maximum Gasteiger partial charge on any atom is 0.244 e. The van der Waals surface area contributed by atoms with Gasteiger partial charge in [0, 0.05) is 18.6 Å². The van der Waals surface area contributed by atoms with Crippen LogP contribution in [-0.2, 0) is 10.0 Å². The summed E-state index contributed by atoms with van der Waals surface area (Å²) in [6.45, 7) is 2.05. The minimum absolute atomic E-state index is 0.0283. The molecule has 1 saturated heterocycles. The van der Waals surface area contributed by atoms with Crippen LogP contribution in [0.5, 0.6) is 0 Å². The number of hydrogen-bond acceptors (Lipinski definition) is 4. The summed E-state index contributed by atoms with van der Waals surface area (Å²) >= 11 is 0. The molecule has 1 aliphatic heterocycles. The molecule has 1 heterocycles. The highest BCUT2D eigenvalue weighted by Crippen LogP contribution is 2.27. The molecule has 5 nitrogen and oxygen atoms in total. The van der Waals surface area contributed by atoms with Crippen molar-refractivity contribution >= 4 is 10.0 Å². The zero-order valence-corrected chi connectivity index (χ0v) is 11.9. The molecule has 1 aliphatic rings. The van der Waals surface area contributed by atoms with Crippen LogP contribution in [0.3, 0.4) is 0 Å². The molecule has 1 aromatic rings. The summed E-state index contributed by atoms with van der Waals surface area (Å²) < 4.78 is 40.1. The van der Waals surface area contributed by atoms with E-state index in [0.29, 0.717) is 12.8 Å². The van der Waals surface area contributed by atoms with E-state index in [1.165, 1.54) is 16.4 Å². The molecule has 0 amide bonds. The summed E-state index contributed by atoms with van der Waals surface area (Å²) in [5.41, 5.74) is 5.38. The molecule has 20 heavy (non-hydrogen) atoms. The lowest BCUT2D eigenvalue weighted by atomic mass is 10.0. The highest BCUT2D eigenvalue weighted by atomic mass is 32.2. The van der Waals surface area contributed by atoms with Crippen LogP contribution in [0.15, 0.2) is 23.1 Å². The van der Waals surface area contributed by atoms with Crippen molar-refractivity contribution in [2.24, 2.45) is 5.73 Å². The molecular formula is C13H16FN3O2S. The summed E-state index contributed by atoms with van der Waals surface area (Å²) in [4.78, 5) is -0.276. The van der Waals surface area contributed by atoms with Crippen molar-refractivity contribution in [3.63, 3.8) is 0 Å². The molecule has 2 unspecified atom stereocenters. The van der Waals surface area contributed by atoms with E-state index in [9.17, 15) is 12.8 Å². The smallest absolute Gasteiger partial charge is 0.244 e. The summed E-state index contributed by atoms with van der Waals surface area (Å²) in [6, 6.07) is 4.97. The molecule has 0 bridgehead atoms. The Hall–Kier alpha value is -1.49. The largest absolute Gasteiger partial charge is 0.328 e. The second-order valence-corrected chi connectivity index (χ2v) is 6.83. The molecule has 2 atom stereocenters. The van der Waals surface area contributed by atoms with E-state index in [-0.39, 0.29) is 23.5 Å². The summed E-state index contributed by atoms with van der Waals surface area (Å²) in [6.07, 6.45) is 1.11. The van der Waals surface area contributed by atoms with Crippen molar-refractivity contribution in [3.8, 4) is 6.07 Å². The first-order chi connectivity index (χ1) is 9.37. The van der Waals surface area contributed by atoms with Crippen molar-refractivity contribution in [2.45, 2.75) is 36.7 Å². The molecule has 0 aliphatic carbocycles. The lowest BCUT2D eigenvalue weighted by Gasteiger charge is -2.35. The number of nitrogens with two attached hydrogens (primary N) is 1. The van der Waals surface area contributed by atoms with Gasteiger partial charge >= 0.3 is 0 Å². The third kappa shape index (κ3) is 2.54. The van der Waals surface area contributed by atoms with E-state index in [1.807, 2.05) is 0 Å². The maximum absolute atomic E-state index is 13.6. The normalized spacial score (nSPS) is 24.3. The average molecular weight is 297 g/mol. The molecule has 0 saturated carbocycles. The predicted octanol–water partition coefficient (Wildman–Crippen LogP) is 1.20. The average Bonchev–Trinajstić information content (AvgIpc) is 2.37. The second kappa shape index (κ2) is 5.48. The van der Waals surface area contributed by atoms with Gasteiger partial charge in [0.15, 0.2) is 0 Å². The Labute approximate surface area is 117 Å². The van der Waals surface area contributed by atoms with Crippen LogP contribution in [0, 0.1) is 17.1 Å². The van der Waals surface area contributed by atoms with E-state index in [4.69, 9.17) is 11.0 Å². The topological polar surface area (TPSA) is 87.2 Å². The van der Waals surface area contributed by atoms with Gasteiger partial charge in [0.05, 0.1) is 0 Å². The first-order valence-electron chi connectivity index (χ1n) is 6.34. The molecule has 2 rings (SSSR count). The Morgan fingerprint density at radius 1 is 1.50 bits per heavy atom. The number of nitrogens with zero attached hydrogens (tertiary/aromatic N) is 2. The van der Waals surface area contributed by atoms with Crippen LogP contribution in [0.4, 0.5) is 4.39 Å². The zero-order valence-electron chi connectivity index (χ0n) is 11.1. The van der Waals surface area contributed by atoms with Crippen LogP contribution < -0.4 is 5.73 Å². The van der Waals surface area contributed by atoms with E-state index in [1.54, 1.807) is 13.0 Å². The number of hydrogen-bond donors (Lipinski definition) is 1. The molecule has 108 valence electrons. The van der Waals surface area contributed by atoms with Gasteiger partial charge in [-0.1, -0.05) is 6.07 Å². The summed E-state index contributed by atoms with van der Waals surface area (Å²) in [5.74, 6) is -0.824. The minimum atomic E-state index is -3.88. The lowest BCUT2D eigenvalue weighted by molar-refractivity contribution is 0.247. The predicted molar refractivity (Wildman–Crippen MR) is 71.7 cm³/mol. The van der Waals surface area contributed by atoms with E-state index in [0.717, 1.165) is 6.07 Å². The first kappa shape index (κ1) is 14.9. The third-order valence-electron chi connectivity index (χ3n) is 3.53. The van der Waals surface area contributed by atoms with Gasteiger partial charge in [0.1, 0.15) is 22.3 Å². The van der Waals surface area contributed by atoms with Gasteiger partial charge in [0.2, 0.25) is 10.0 Å². The summed E-state index contributed by atoms with van der Waals surface area (Å²) in [5, 5.41) is 8.98. The highest BCUT2D eigenvalue weighted by molar-refractivity contribution is 7.89. The zero-order chi connectivity index (χ0) is 14.9. The van der Waals surface area contributed by atoms with Crippen molar-refractivity contribution < 1.29 is 12.8 Å². The SMILES string of the molecule is CC1CC(N)CCN1S(=O)(=O)c1cccc(F)c1C#N. The Morgan fingerprint density at radius 3 is 2.80 bits per heavy atom. The van der Waals surface area contributed by atoms with Crippen LogP contribution >= 0.6 is 0 Å². The maximum atomic E-state index is 13.6. The van der Waals surface area contributed by atoms with Gasteiger partial charge in [-0.25, -0.2) is 12.8 Å². The van der Waals surface area contributed by atoms with Gasteiger partial charge in [-0.05, 0) is 31.9 Å². The number of piperidine rings is 1. The van der Waals surface area contributed by atoms with Crippen LogP contribution in [-0.4, -0.2) is 31.4 Å². The second-order valence-electron chi connectivity index (χ2n) is 4.97. The Balaban J connectivity index is 2.47. The fourth-order valence-electron chi connectivity index (χ4n) is 2.50. The molecular weight excluding hydrogens is 281 g/mol. The van der Waals surface area contributed by atoms with E-state index < -0.39 is 21.4 Å². The van der Waals surface area contributed by atoms with Gasteiger partial charge in [-0.3, -0.25) is 0 Å². The van der Waals surface area contributed by atoms with Crippen LogP contribution in [0.2, 0.25) is 0 Å². The van der Waals surface area contributed by atoms with Crippen molar-refractivity contribution in [1.29, 1.82) is 5.26 Å². The number of halogens is 1. The summed E-state index contributed by atoms with van der Waals surface area (Å²) in [7, 11) is -3.88. The first-order valence-corrected chi connectivity index (χ1v) is 7.78. The number of benzene rings is 1. The third-order valence-corrected chi connectivity index (χ3v) is 5.59. The Kier molecular flexibility index (Phi) is 4.09. The molecule has 2 N–H and O–H groups in total. The van der Waals surface area contributed by atoms with E-state index >= 15 is 0 Å². The highest BCUT2D eigenvalue weighted by Gasteiger charge is 2.35. The van der Waals surface area contributed by atoms with Crippen molar-refractivity contribution in [1.82, 2.24) is 4.31 Å². The van der Waals surface area contributed by atoms with E-state index in [2.05, 4.69) is 0 Å². The number of sulfonamides is 1. The molecule has 1 aromatic carbocycles. The number of nitriles is 1. The molecule has 0 spiro atoms. The molecule has 0 radical (unpaired) electrons. The van der Waals surface area contributed by atoms with Crippen LogP contribution in [0.1, 0.15) is 25.3 Å². The quantitative estimate of drug-likeness (QED) is 0.888. The lowest BCUT2D eigenvalue weighted by Crippen LogP contribution is -2.48. The minimum Gasteiger partial charge on any atom is -0.328 e. The number of rotatable bonds is 2. The monoisotopic (exact) mass is 297 g/mol. The van der Waals surface area contributed by atoms with Gasteiger partial charge < -0.3 is 5.73 Å². The Bertz CT molecular complexity index is 654. The van der Waals surface area contributed by atoms with Crippen LogP contribution in [0.25, 0.3) is 0 Å². The molecule has 7 heteroatoms. The fourth-order valence-corrected chi connectivity index (χ4v) is 4.31.